The minimum absolute atomic E-state index is 0.00260. The summed E-state index contributed by atoms with van der Waals surface area (Å²) in [7, 11) is 0. The molecule has 3 rings (SSSR count). The Balaban J connectivity index is 2.33. The summed E-state index contributed by atoms with van der Waals surface area (Å²) in [6.07, 6.45) is 0.836. The number of hydrogen-bond acceptors (Lipinski definition) is 2. The maximum absolute atomic E-state index is 13.9. The van der Waals surface area contributed by atoms with Crippen LogP contribution in [0, 0.1) is 5.82 Å². The minimum atomic E-state index is -0.450. The highest BCUT2D eigenvalue weighted by Crippen LogP contribution is 2.40. The molecule has 0 N–H and O–H groups in total. The second kappa shape index (κ2) is 5.11. The van der Waals surface area contributed by atoms with Crippen LogP contribution in [0.5, 0.6) is 0 Å². The van der Waals surface area contributed by atoms with E-state index in [1.54, 1.807) is 6.07 Å². The first-order chi connectivity index (χ1) is 9.84. The predicted octanol–water partition coefficient (Wildman–Crippen LogP) is 4.65. The van der Waals surface area contributed by atoms with Gasteiger partial charge in [0.15, 0.2) is 0 Å². The van der Waals surface area contributed by atoms with Crippen LogP contribution in [0.3, 0.4) is 0 Å². The van der Waals surface area contributed by atoms with Gasteiger partial charge in [0.25, 0.3) is 0 Å². The Morgan fingerprint density at radius 2 is 2.24 bits per heavy atom. The molecule has 1 fully saturated rings. The first-order valence-corrected chi connectivity index (χ1v) is 7.79. The minimum Gasteiger partial charge on any atom is -0.376 e. The molecule has 0 spiro atoms. The number of ether oxygens (including phenoxy) is 1. The van der Waals surface area contributed by atoms with Crippen LogP contribution < -0.4 is 0 Å². The molecule has 1 aliphatic heterocycles. The zero-order valence-electron chi connectivity index (χ0n) is 12.2. The van der Waals surface area contributed by atoms with Crippen molar-refractivity contribution in [2.45, 2.75) is 44.2 Å². The largest absolute Gasteiger partial charge is 0.376 e. The van der Waals surface area contributed by atoms with Crippen LogP contribution in [0.25, 0.3) is 11.0 Å². The van der Waals surface area contributed by atoms with E-state index in [0.717, 1.165) is 6.42 Å². The molecule has 1 aromatic heterocycles. The van der Waals surface area contributed by atoms with Crippen LogP contribution in [-0.2, 0) is 10.3 Å². The Bertz CT molecular complexity index is 701. The molecule has 21 heavy (non-hydrogen) atoms. The van der Waals surface area contributed by atoms with Crippen LogP contribution in [0.2, 0.25) is 5.02 Å². The lowest BCUT2D eigenvalue weighted by molar-refractivity contribution is 0.0763. The summed E-state index contributed by atoms with van der Waals surface area (Å²) in [4.78, 5) is 4.56. The Morgan fingerprint density at radius 1 is 1.52 bits per heavy atom. The standard InChI is InChI=1S/C15H17Cl2FN2O/c1-8(16)14-19-12-6-10(17)11(18)7-13(12)20(14)15(3)4-5-21-9(15)2/h6-9H,4-5H2,1-3H3. The Labute approximate surface area is 133 Å². The van der Waals surface area contributed by atoms with Crippen molar-refractivity contribution in [1.29, 1.82) is 0 Å². The Kier molecular flexibility index (Phi) is 3.67. The van der Waals surface area contributed by atoms with Crippen molar-refractivity contribution in [3.8, 4) is 0 Å². The summed E-state index contributed by atoms with van der Waals surface area (Å²) < 4.78 is 21.7. The van der Waals surface area contributed by atoms with Gasteiger partial charge in [-0.25, -0.2) is 9.37 Å². The predicted molar refractivity (Wildman–Crippen MR) is 82.6 cm³/mol. The van der Waals surface area contributed by atoms with Crippen LogP contribution >= 0.6 is 23.2 Å². The van der Waals surface area contributed by atoms with Gasteiger partial charge < -0.3 is 9.30 Å². The van der Waals surface area contributed by atoms with Crippen molar-refractivity contribution in [1.82, 2.24) is 9.55 Å². The number of alkyl halides is 1. The Morgan fingerprint density at radius 3 is 2.81 bits per heavy atom. The first kappa shape index (κ1) is 15.1. The van der Waals surface area contributed by atoms with Crippen molar-refractivity contribution in [2.24, 2.45) is 0 Å². The van der Waals surface area contributed by atoms with Crippen molar-refractivity contribution < 1.29 is 9.13 Å². The van der Waals surface area contributed by atoms with Gasteiger partial charge in [0.1, 0.15) is 11.6 Å². The van der Waals surface area contributed by atoms with Gasteiger partial charge in [-0.15, -0.1) is 11.6 Å². The van der Waals surface area contributed by atoms with Gasteiger partial charge in [0.2, 0.25) is 0 Å². The zero-order chi connectivity index (χ0) is 15.4. The number of benzene rings is 1. The van der Waals surface area contributed by atoms with E-state index in [1.165, 1.54) is 6.07 Å². The van der Waals surface area contributed by atoms with Crippen molar-refractivity contribution in [3.63, 3.8) is 0 Å². The van der Waals surface area contributed by atoms with Gasteiger partial charge in [0, 0.05) is 12.7 Å². The normalized spacial score (nSPS) is 27.4. The molecule has 2 heterocycles. The average Bonchev–Trinajstić information content (AvgIpc) is 2.93. The highest BCUT2D eigenvalue weighted by Gasteiger charge is 2.41. The molecule has 114 valence electrons. The third-order valence-electron chi connectivity index (χ3n) is 4.44. The molecular weight excluding hydrogens is 314 g/mol. The number of imidazole rings is 1. The van der Waals surface area contributed by atoms with Crippen molar-refractivity contribution in [2.75, 3.05) is 6.61 Å². The lowest BCUT2D eigenvalue weighted by Gasteiger charge is -2.32. The third kappa shape index (κ3) is 2.24. The second-order valence-corrected chi connectivity index (χ2v) is 6.86. The zero-order valence-corrected chi connectivity index (χ0v) is 13.7. The average molecular weight is 331 g/mol. The Hall–Kier alpha value is -0.840. The highest BCUT2D eigenvalue weighted by atomic mass is 35.5. The van der Waals surface area contributed by atoms with Gasteiger partial charge in [-0.05, 0) is 33.3 Å². The smallest absolute Gasteiger partial charge is 0.144 e. The third-order valence-corrected chi connectivity index (χ3v) is 4.93. The number of nitrogens with zero attached hydrogens (tertiary/aromatic N) is 2. The molecule has 0 aliphatic carbocycles. The molecule has 1 aromatic carbocycles. The highest BCUT2D eigenvalue weighted by molar-refractivity contribution is 6.31. The fraction of sp³-hybridized carbons (Fsp3) is 0.533. The maximum atomic E-state index is 13.9. The molecule has 3 atom stereocenters. The van der Waals surface area contributed by atoms with E-state index >= 15 is 0 Å². The SMILES string of the molecule is CC(Cl)c1nc2cc(Cl)c(F)cc2n1C1(C)CCOC1C. The quantitative estimate of drug-likeness (QED) is 0.749. The molecule has 0 bridgehead atoms. The van der Waals surface area contributed by atoms with E-state index < -0.39 is 5.82 Å². The molecule has 2 aromatic rings. The summed E-state index contributed by atoms with van der Waals surface area (Å²) in [6, 6.07) is 2.99. The van der Waals surface area contributed by atoms with E-state index in [2.05, 4.69) is 11.9 Å². The van der Waals surface area contributed by atoms with Gasteiger partial charge in [-0.2, -0.15) is 0 Å². The number of fused-ring (bicyclic) bond motifs is 1. The number of aromatic nitrogens is 2. The molecular formula is C15H17Cl2FN2O. The maximum Gasteiger partial charge on any atom is 0.144 e. The second-order valence-electron chi connectivity index (χ2n) is 5.80. The fourth-order valence-electron chi connectivity index (χ4n) is 3.01. The van der Waals surface area contributed by atoms with Crippen LogP contribution in [0.15, 0.2) is 12.1 Å². The summed E-state index contributed by atoms with van der Waals surface area (Å²) >= 11 is 12.2. The van der Waals surface area contributed by atoms with Gasteiger partial charge >= 0.3 is 0 Å². The number of hydrogen-bond donors (Lipinski definition) is 0. The van der Waals surface area contributed by atoms with Gasteiger partial charge in [-0.1, -0.05) is 11.6 Å². The topological polar surface area (TPSA) is 27.1 Å². The van der Waals surface area contributed by atoms with Crippen LogP contribution in [0.4, 0.5) is 4.39 Å². The molecule has 0 saturated carbocycles. The summed E-state index contributed by atoms with van der Waals surface area (Å²) in [5, 5.41) is -0.217. The van der Waals surface area contributed by atoms with Crippen LogP contribution in [-0.4, -0.2) is 22.3 Å². The monoisotopic (exact) mass is 330 g/mol. The lowest BCUT2D eigenvalue weighted by atomic mass is 9.93. The van der Waals surface area contributed by atoms with E-state index in [4.69, 9.17) is 27.9 Å². The van der Waals surface area contributed by atoms with E-state index in [0.29, 0.717) is 23.5 Å². The summed E-state index contributed by atoms with van der Waals surface area (Å²) in [6.45, 7) is 6.65. The summed E-state index contributed by atoms with van der Waals surface area (Å²) in [5.74, 6) is 0.266. The molecule has 6 heteroatoms. The number of rotatable bonds is 2. The molecule has 0 amide bonds. The molecule has 1 aliphatic rings. The molecule has 1 saturated heterocycles. The van der Waals surface area contributed by atoms with Gasteiger partial charge in [-0.3, -0.25) is 0 Å². The first-order valence-electron chi connectivity index (χ1n) is 6.98. The van der Waals surface area contributed by atoms with Gasteiger partial charge in [0.05, 0.1) is 33.1 Å². The van der Waals surface area contributed by atoms with Crippen molar-refractivity contribution in [3.05, 3.63) is 28.8 Å². The van der Waals surface area contributed by atoms with Crippen molar-refractivity contribution >= 4 is 34.2 Å². The van der Waals surface area contributed by atoms with E-state index in [9.17, 15) is 4.39 Å². The molecule has 3 unspecified atom stereocenters. The number of halogens is 3. The molecule has 0 radical (unpaired) electrons. The van der Waals surface area contributed by atoms with E-state index in [-0.39, 0.29) is 22.0 Å². The lowest BCUT2D eigenvalue weighted by Crippen LogP contribution is -2.38. The van der Waals surface area contributed by atoms with Crippen LogP contribution in [0.1, 0.15) is 38.4 Å². The summed E-state index contributed by atoms with van der Waals surface area (Å²) in [5.41, 5.74) is 1.07. The van der Waals surface area contributed by atoms with E-state index in [1.807, 2.05) is 18.4 Å². The molecule has 3 nitrogen and oxygen atoms in total. The fourth-order valence-corrected chi connectivity index (χ4v) is 3.32.